The molecule has 0 aliphatic heterocycles. The lowest BCUT2D eigenvalue weighted by molar-refractivity contribution is -0.140. The normalized spacial score (nSPS) is 9.67. The summed E-state index contributed by atoms with van der Waals surface area (Å²) >= 11 is 2.19. The number of amides is 1. The van der Waals surface area contributed by atoms with Gasteiger partial charge in [0.05, 0.1) is 0 Å². The molecule has 0 saturated carbocycles. The molecule has 0 saturated heterocycles. The first-order chi connectivity index (χ1) is 7.08. The Morgan fingerprint density at radius 3 is 2.40 bits per heavy atom. The monoisotopic (exact) mass is 319 g/mol. The number of carbonyl (C=O) groups excluding carboxylic acids is 1. The van der Waals surface area contributed by atoms with Crippen molar-refractivity contribution in [2.45, 2.75) is 13.0 Å². The highest BCUT2D eigenvalue weighted by Gasteiger charge is 2.06. The van der Waals surface area contributed by atoms with Crippen LogP contribution in [0.15, 0.2) is 24.3 Å². The maximum Gasteiger partial charge on any atom is 0.312 e. The first-order valence-electron chi connectivity index (χ1n) is 4.31. The molecule has 0 aromatic heterocycles. The van der Waals surface area contributed by atoms with E-state index in [2.05, 4.69) is 27.9 Å². The lowest BCUT2D eigenvalue weighted by Crippen LogP contribution is -2.24. The Bertz CT molecular complexity index is 361. The Labute approximate surface area is 101 Å². The van der Waals surface area contributed by atoms with E-state index >= 15 is 0 Å². The van der Waals surface area contributed by atoms with Crippen molar-refractivity contribution in [3.63, 3.8) is 0 Å². The number of carbonyl (C=O) groups is 2. The molecule has 1 rings (SSSR count). The summed E-state index contributed by atoms with van der Waals surface area (Å²) in [7, 11) is 0. The third-order valence-electron chi connectivity index (χ3n) is 1.71. The van der Waals surface area contributed by atoms with Gasteiger partial charge in [0.15, 0.2) is 0 Å². The highest BCUT2D eigenvalue weighted by atomic mass is 127. The summed E-state index contributed by atoms with van der Waals surface area (Å²) < 4.78 is 1.12. The zero-order valence-electron chi connectivity index (χ0n) is 7.87. The van der Waals surface area contributed by atoms with Crippen LogP contribution >= 0.6 is 22.6 Å². The molecule has 0 aliphatic rings. The van der Waals surface area contributed by atoms with Gasteiger partial charge in [-0.1, -0.05) is 12.1 Å². The second-order valence-corrected chi connectivity index (χ2v) is 4.22. The number of carboxylic acid groups (broad SMARTS) is 1. The maximum atomic E-state index is 11.0. The second-order valence-electron chi connectivity index (χ2n) is 2.97. The number of aliphatic carboxylic acids is 1. The standard InChI is InChI=1S/C10H10INO3/c11-8-3-1-7(2-4-8)6-12-9(13)5-10(14)15/h1-4H,5-6H2,(H,12,13)(H,14,15). The fourth-order valence-electron chi connectivity index (χ4n) is 1.00. The van der Waals surface area contributed by atoms with Crippen molar-refractivity contribution in [3.05, 3.63) is 33.4 Å². The molecule has 1 aromatic carbocycles. The zero-order chi connectivity index (χ0) is 11.3. The van der Waals surface area contributed by atoms with E-state index in [1.54, 1.807) is 0 Å². The van der Waals surface area contributed by atoms with E-state index in [4.69, 9.17) is 5.11 Å². The highest BCUT2D eigenvalue weighted by molar-refractivity contribution is 14.1. The summed E-state index contributed by atoms with van der Waals surface area (Å²) in [4.78, 5) is 21.2. The summed E-state index contributed by atoms with van der Waals surface area (Å²) in [5.41, 5.74) is 0.953. The maximum absolute atomic E-state index is 11.0. The van der Waals surface area contributed by atoms with Gasteiger partial charge in [-0.25, -0.2) is 0 Å². The lowest BCUT2D eigenvalue weighted by Gasteiger charge is -2.03. The van der Waals surface area contributed by atoms with Crippen molar-refractivity contribution < 1.29 is 14.7 Å². The summed E-state index contributed by atoms with van der Waals surface area (Å²) in [5.74, 6) is -1.59. The number of halogens is 1. The van der Waals surface area contributed by atoms with Gasteiger partial charge in [0.25, 0.3) is 0 Å². The average molecular weight is 319 g/mol. The van der Waals surface area contributed by atoms with Crippen LogP contribution in [-0.4, -0.2) is 17.0 Å². The SMILES string of the molecule is O=C(O)CC(=O)NCc1ccc(I)cc1. The third kappa shape index (κ3) is 4.78. The van der Waals surface area contributed by atoms with Crippen LogP contribution in [0, 0.1) is 3.57 Å². The van der Waals surface area contributed by atoms with Crippen LogP contribution in [0.1, 0.15) is 12.0 Å². The van der Waals surface area contributed by atoms with Gasteiger partial charge in [0, 0.05) is 10.1 Å². The van der Waals surface area contributed by atoms with Crippen LogP contribution in [0.2, 0.25) is 0 Å². The number of carboxylic acids is 1. The van der Waals surface area contributed by atoms with Gasteiger partial charge in [-0.2, -0.15) is 0 Å². The molecule has 0 aliphatic carbocycles. The molecule has 0 unspecified atom stereocenters. The largest absolute Gasteiger partial charge is 0.481 e. The van der Waals surface area contributed by atoms with E-state index in [-0.39, 0.29) is 0 Å². The average Bonchev–Trinajstić information content (AvgIpc) is 2.16. The Morgan fingerprint density at radius 1 is 1.27 bits per heavy atom. The van der Waals surface area contributed by atoms with E-state index in [0.717, 1.165) is 9.13 Å². The van der Waals surface area contributed by atoms with Crippen molar-refractivity contribution in [3.8, 4) is 0 Å². The van der Waals surface area contributed by atoms with Crippen LogP contribution in [0.4, 0.5) is 0 Å². The Balaban J connectivity index is 2.40. The number of benzene rings is 1. The Hall–Kier alpha value is -1.11. The van der Waals surface area contributed by atoms with Crippen molar-refractivity contribution >= 4 is 34.5 Å². The molecule has 0 heterocycles. The van der Waals surface area contributed by atoms with Crippen molar-refractivity contribution in [2.75, 3.05) is 0 Å². The zero-order valence-corrected chi connectivity index (χ0v) is 10.0. The molecule has 4 nitrogen and oxygen atoms in total. The molecule has 0 radical (unpaired) electrons. The molecule has 15 heavy (non-hydrogen) atoms. The number of hydrogen-bond donors (Lipinski definition) is 2. The molecule has 0 atom stereocenters. The van der Waals surface area contributed by atoms with E-state index < -0.39 is 18.3 Å². The van der Waals surface area contributed by atoms with Gasteiger partial charge in [0.1, 0.15) is 6.42 Å². The van der Waals surface area contributed by atoms with Crippen molar-refractivity contribution in [1.29, 1.82) is 0 Å². The molecule has 0 spiro atoms. The number of hydrogen-bond acceptors (Lipinski definition) is 2. The third-order valence-corrected chi connectivity index (χ3v) is 2.43. The quantitative estimate of drug-likeness (QED) is 0.651. The topological polar surface area (TPSA) is 66.4 Å². The van der Waals surface area contributed by atoms with Crippen LogP contribution in [0.25, 0.3) is 0 Å². The fourth-order valence-corrected chi connectivity index (χ4v) is 1.36. The van der Waals surface area contributed by atoms with Gasteiger partial charge in [-0.15, -0.1) is 0 Å². The van der Waals surface area contributed by atoms with Gasteiger partial charge < -0.3 is 10.4 Å². The van der Waals surface area contributed by atoms with Crippen molar-refractivity contribution in [2.24, 2.45) is 0 Å². The molecule has 1 amide bonds. The highest BCUT2D eigenvalue weighted by Crippen LogP contribution is 2.06. The fraction of sp³-hybridized carbons (Fsp3) is 0.200. The molecular weight excluding hydrogens is 309 g/mol. The van der Waals surface area contributed by atoms with E-state index in [1.807, 2.05) is 24.3 Å². The van der Waals surface area contributed by atoms with E-state index in [1.165, 1.54) is 0 Å². The van der Waals surface area contributed by atoms with Gasteiger partial charge in [-0.05, 0) is 40.3 Å². The van der Waals surface area contributed by atoms with Gasteiger partial charge in [-0.3, -0.25) is 9.59 Å². The molecule has 5 heteroatoms. The van der Waals surface area contributed by atoms with Crippen molar-refractivity contribution in [1.82, 2.24) is 5.32 Å². The van der Waals surface area contributed by atoms with Crippen LogP contribution in [-0.2, 0) is 16.1 Å². The Kier molecular flexibility index (Phi) is 4.54. The van der Waals surface area contributed by atoms with Crippen LogP contribution < -0.4 is 5.32 Å². The molecule has 2 N–H and O–H groups in total. The summed E-state index contributed by atoms with van der Waals surface area (Å²) in [5, 5.41) is 10.9. The minimum absolute atomic E-state index is 0.364. The van der Waals surface area contributed by atoms with Gasteiger partial charge >= 0.3 is 5.97 Å². The summed E-state index contributed by atoms with van der Waals surface area (Å²) in [6.07, 6.45) is -0.482. The Morgan fingerprint density at radius 2 is 1.87 bits per heavy atom. The predicted octanol–water partition coefficient (Wildman–Crippen LogP) is 1.38. The molecule has 80 valence electrons. The summed E-state index contributed by atoms with van der Waals surface area (Å²) in [6, 6.07) is 7.64. The first kappa shape index (κ1) is 12.0. The minimum Gasteiger partial charge on any atom is -0.481 e. The second kappa shape index (κ2) is 5.69. The first-order valence-corrected chi connectivity index (χ1v) is 5.39. The number of nitrogens with one attached hydrogen (secondary N) is 1. The van der Waals surface area contributed by atoms with E-state index in [9.17, 15) is 9.59 Å². The van der Waals surface area contributed by atoms with Crippen LogP contribution in [0.3, 0.4) is 0 Å². The molecule has 0 bridgehead atoms. The molecular formula is C10H10INO3. The smallest absolute Gasteiger partial charge is 0.312 e. The van der Waals surface area contributed by atoms with Crippen LogP contribution in [0.5, 0.6) is 0 Å². The predicted molar refractivity (Wildman–Crippen MR) is 63.3 cm³/mol. The number of rotatable bonds is 4. The minimum atomic E-state index is -1.12. The van der Waals surface area contributed by atoms with Gasteiger partial charge in [0.2, 0.25) is 5.91 Å². The molecule has 0 fully saturated rings. The van der Waals surface area contributed by atoms with E-state index in [0.29, 0.717) is 6.54 Å². The summed E-state index contributed by atoms with van der Waals surface area (Å²) in [6.45, 7) is 0.364. The lowest BCUT2D eigenvalue weighted by atomic mass is 10.2. The molecule has 1 aromatic rings.